The SMILES string of the molecule is Cc1ccc(F)c(NC(=O)NC(=O)CCl)c1. The van der Waals surface area contributed by atoms with Crippen LogP contribution in [-0.2, 0) is 4.79 Å². The van der Waals surface area contributed by atoms with Crippen molar-refractivity contribution in [1.29, 1.82) is 0 Å². The van der Waals surface area contributed by atoms with E-state index in [0.29, 0.717) is 0 Å². The van der Waals surface area contributed by atoms with Gasteiger partial charge in [-0.15, -0.1) is 11.6 Å². The van der Waals surface area contributed by atoms with E-state index in [4.69, 9.17) is 11.6 Å². The lowest BCUT2D eigenvalue weighted by atomic mass is 10.2. The summed E-state index contributed by atoms with van der Waals surface area (Å²) in [6, 6.07) is 3.45. The van der Waals surface area contributed by atoms with Gasteiger partial charge in [-0.1, -0.05) is 6.07 Å². The molecule has 0 aliphatic carbocycles. The quantitative estimate of drug-likeness (QED) is 0.782. The Bertz CT molecular complexity index is 423. The van der Waals surface area contributed by atoms with E-state index in [1.807, 2.05) is 5.32 Å². The van der Waals surface area contributed by atoms with Crippen molar-refractivity contribution >= 4 is 29.2 Å². The molecule has 1 rings (SSSR count). The van der Waals surface area contributed by atoms with Crippen molar-refractivity contribution in [3.05, 3.63) is 29.6 Å². The molecule has 86 valence electrons. The van der Waals surface area contributed by atoms with Crippen LogP contribution >= 0.6 is 11.6 Å². The Kier molecular flexibility index (Phi) is 4.25. The smallest absolute Gasteiger partial charge is 0.305 e. The Morgan fingerprint density at radius 3 is 2.75 bits per heavy atom. The molecule has 0 heterocycles. The number of imide groups is 1. The summed E-state index contributed by atoms with van der Waals surface area (Å²) in [7, 11) is 0. The second-order valence-electron chi connectivity index (χ2n) is 3.12. The van der Waals surface area contributed by atoms with Crippen molar-refractivity contribution in [3.8, 4) is 0 Å². The summed E-state index contributed by atoms with van der Waals surface area (Å²) in [5, 5.41) is 4.15. The molecule has 3 amide bonds. The summed E-state index contributed by atoms with van der Waals surface area (Å²) >= 11 is 5.19. The number of carbonyl (C=O) groups excluding carboxylic acids is 2. The van der Waals surface area contributed by atoms with Gasteiger partial charge in [0.05, 0.1) is 5.69 Å². The Balaban J connectivity index is 2.69. The van der Waals surface area contributed by atoms with Gasteiger partial charge in [0.15, 0.2) is 0 Å². The summed E-state index contributed by atoms with van der Waals surface area (Å²) in [5.41, 5.74) is 0.806. The van der Waals surface area contributed by atoms with Crippen molar-refractivity contribution in [1.82, 2.24) is 5.32 Å². The fraction of sp³-hybridized carbons (Fsp3) is 0.200. The summed E-state index contributed by atoms with van der Waals surface area (Å²) in [4.78, 5) is 21.9. The number of urea groups is 1. The molecule has 0 radical (unpaired) electrons. The van der Waals surface area contributed by atoms with Gasteiger partial charge in [-0.2, -0.15) is 0 Å². The second-order valence-corrected chi connectivity index (χ2v) is 3.39. The van der Waals surface area contributed by atoms with Crippen molar-refractivity contribution in [2.75, 3.05) is 11.2 Å². The van der Waals surface area contributed by atoms with E-state index in [2.05, 4.69) is 5.32 Å². The number of nitrogens with one attached hydrogen (secondary N) is 2. The number of anilines is 1. The normalized spacial score (nSPS) is 9.69. The van der Waals surface area contributed by atoms with Crippen LogP contribution in [0.2, 0.25) is 0 Å². The number of hydrogen-bond donors (Lipinski definition) is 2. The van der Waals surface area contributed by atoms with Gasteiger partial charge in [-0.25, -0.2) is 9.18 Å². The lowest BCUT2D eigenvalue weighted by molar-refractivity contribution is -0.117. The Morgan fingerprint density at radius 2 is 2.12 bits per heavy atom. The molecule has 4 nitrogen and oxygen atoms in total. The average Bonchev–Trinajstić information content (AvgIpc) is 2.23. The summed E-state index contributed by atoms with van der Waals surface area (Å²) in [5.74, 6) is -1.55. The maximum atomic E-state index is 13.2. The third-order valence-electron chi connectivity index (χ3n) is 1.74. The monoisotopic (exact) mass is 244 g/mol. The first kappa shape index (κ1) is 12.4. The van der Waals surface area contributed by atoms with Crippen LogP contribution in [0.25, 0.3) is 0 Å². The van der Waals surface area contributed by atoms with Gasteiger partial charge < -0.3 is 5.32 Å². The molecule has 16 heavy (non-hydrogen) atoms. The lowest BCUT2D eigenvalue weighted by Gasteiger charge is -2.07. The van der Waals surface area contributed by atoms with Gasteiger partial charge in [0.25, 0.3) is 0 Å². The fourth-order valence-electron chi connectivity index (χ4n) is 1.05. The van der Waals surface area contributed by atoms with Crippen LogP contribution in [0.15, 0.2) is 18.2 Å². The minimum absolute atomic E-state index is 0.0138. The Labute approximate surface area is 96.8 Å². The molecule has 0 atom stereocenters. The van der Waals surface area contributed by atoms with Crippen molar-refractivity contribution in [2.24, 2.45) is 0 Å². The van der Waals surface area contributed by atoms with Gasteiger partial charge in [0.2, 0.25) is 5.91 Å². The van der Waals surface area contributed by atoms with E-state index >= 15 is 0 Å². The summed E-state index contributed by atoms with van der Waals surface area (Å²) < 4.78 is 13.2. The van der Waals surface area contributed by atoms with E-state index < -0.39 is 17.8 Å². The number of halogens is 2. The number of amides is 3. The molecule has 1 aromatic rings. The number of rotatable bonds is 2. The zero-order valence-corrected chi connectivity index (χ0v) is 9.27. The number of aryl methyl sites for hydroxylation is 1. The van der Waals surface area contributed by atoms with E-state index in [-0.39, 0.29) is 11.6 Å². The molecule has 6 heteroatoms. The van der Waals surface area contributed by atoms with Crippen LogP contribution in [0.5, 0.6) is 0 Å². The minimum atomic E-state index is -0.810. The lowest BCUT2D eigenvalue weighted by Crippen LogP contribution is -2.35. The van der Waals surface area contributed by atoms with Crippen LogP contribution in [-0.4, -0.2) is 17.8 Å². The molecule has 0 aliphatic heterocycles. The zero-order valence-electron chi connectivity index (χ0n) is 8.51. The molecule has 0 fully saturated rings. The maximum absolute atomic E-state index is 13.2. The number of benzene rings is 1. The number of hydrogen-bond acceptors (Lipinski definition) is 2. The highest BCUT2D eigenvalue weighted by molar-refractivity contribution is 6.28. The van der Waals surface area contributed by atoms with E-state index in [1.165, 1.54) is 12.1 Å². The molecule has 0 aliphatic rings. The van der Waals surface area contributed by atoms with Crippen LogP contribution in [0.1, 0.15) is 5.56 Å². The summed E-state index contributed by atoms with van der Waals surface area (Å²) in [6.45, 7) is 1.76. The van der Waals surface area contributed by atoms with Gasteiger partial charge >= 0.3 is 6.03 Å². The fourth-order valence-corrected chi connectivity index (χ4v) is 1.12. The highest BCUT2D eigenvalue weighted by Gasteiger charge is 2.09. The van der Waals surface area contributed by atoms with E-state index in [0.717, 1.165) is 5.56 Å². The van der Waals surface area contributed by atoms with Crippen LogP contribution in [0.4, 0.5) is 14.9 Å². The molecule has 0 spiro atoms. The minimum Gasteiger partial charge on any atom is -0.305 e. The Hall–Kier alpha value is -1.62. The first-order valence-corrected chi connectivity index (χ1v) is 4.99. The van der Waals surface area contributed by atoms with Crippen LogP contribution in [0, 0.1) is 12.7 Å². The summed E-state index contributed by atoms with van der Waals surface area (Å²) in [6.07, 6.45) is 0. The van der Waals surface area contributed by atoms with Gasteiger partial charge in [-0.05, 0) is 24.6 Å². The number of carbonyl (C=O) groups is 2. The van der Waals surface area contributed by atoms with Gasteiger partial charge in [-0.3, -0.25) is 10.1 Å². The average molecular weight is 245 g/mol. The third kappa shape index (κ3) is 3.51. The first-order valence-electron chi connectivity index (χ1n) is 4.46. The molecule has 0 saturated heterocycles. The topological polar surface area (TPSA) is 58.2 Å². The predicted molar refractivity (Wildman–Crippen MR) is 59.0 cm³/mol. The first-order chi connectivity index (χ1) is 7.52. The molecule has 2 N–H and O–H groups in total. The van der Waals surface area contributed by atoms with E-state index in [1.54, 1.807) is 13.0 Å². The van der Waals surface area contributed by atoms with Gasteiger partial charge in [0, 0.05) is 0 Å². The molecular weight excluding hydrogens is 235 g/mol. The Morgan fingerprint density at radius 1 is 1.44 bits per heavy atom. The van der Waals surface area contributed by atoms with Crippen LogP contribution in [0.3, 0.4) is 0 Å². The molecule has 0 bridgehead atoms. The molecule has 0 unspecified atom stereocenters. The van der Waals surface area contributed by atoms with Crippen molar-refractivity contribution in [2.45, 2.75) is 6.92 Å². The molecule has 0 saturated carbocycles. The maximum Gasteiger partial charge on any atom is 0.325 e. The zero-order chi connectivity index (χ0) is 12.1. The second kappa shape index (κ2) is 5.46. The van der Waals surface area contributed by atoms with Gasteiger partial charge in [0.1, 0.15) is 11.7 Å². The molecule has 1 aromatic carbocycles. The largest absolute Gasteiger partial charge is 0.325 e. The van der Waals surface area contributed by atoms with Crippen molar-refractivity contribution < 1.29 is 14.0 Å². The highest BCUT2D eigenvalue weighted by atomic mass is 35.5. The van der Waals surface area contributed by atoms with Crippen molar-refractivity contribution in [3.63, 3.8) is 0 Å². The third-order valence-corrected chi connectivity index (χ3v) is 1.99. The van der Waals surface area contributed by atoms with E-state index in [9.17, 15) is 14.0 Å². The van der Waals surface area contributed by atoms with Crippen LogP contribution < -0.4 is 10.6 Å². The molecule has 0 aromatic heterocycles. The molecular formula is C10H10ClFN2O2. The standard InChI is InChI=1S/C10H10ClFN2O2/c1-6-2-3-7(12)8(4-6)13-10(16)14-9(15)5-11/h2-4H,5H2,1H3,(H2,13,14,15,16). The number of alkyl halides is 1. The highest BCUT2D eigenvalue weighted by Crippen LogP contribution is 2.15. The predicted octanol–water partition coefficient (Wildman–Crippen LogP) is 2.02.